The Morgan fingerprint density at radius 1 is 1.15 bits per heavy atom. The molecule has 1 aromatic carbocycles. The lowest BCUT2D eigenvalue weighted by molar-refractivity contribution is 0.380. The van der Waals surface area contributed by atoms with Crippen LogP contribution >= 0.6 is 11.6 Å². The largest absolute Gasteiger partial charge is 0.496 e. The molecule has 1 aliphatic heterocycles. The predicted octanol–water partition coefficient (Wildman–Crippen LogP) is 4.36. The van der Waals surface area contributed by atoms with Crippen molar-refractivity contribution in [1.82, 2.24) is 14.6 Å². The van der Waals surface area contributed by atoms with Crippen LogP contribution in [0.15, 0.2) is 24.4 Å². The van der Waals surface area contributed by atoms with Crippen LogP contribution in [-0.2, 0) is 0 Å². The number of pyridine rings is 1. The van der Waals surface area contributed by atoms with Crippen molar-refractivity contribution in [2.75, 3.05) is 25.1 Å². The maximum Gasteiger partial charge on any atom is 0.181 e. The number of halogens is 3. The number of hydrogen-bond donors (Lipinski definition) is 0. The fraction of sp³-hybridized carbons (Fsp3) is 0.368. The Balaban J connectivity index is 1.58. The zero-order valence-electron chi connectivity index (χ0n) is 15.0. The van der Waals surface area contributed by atoms with E-state index in [2.05, 4.69) is 15.1 Å². The number of hydrogen-bond acceptors (Lipinski definition) is 4. The van der Waals surface area contributed by atoms with Crippen LogP contribution in [0.25, 0.3) is 5.65 Å². The fourth-order valence-corrected chi connectivity index (χ4v) is 4.10. The molecule has 4 rings (SSSR count). The van der Waals surface area contributed by atoms with E-state index in [0.29, 0.717) is 47.9 Å². The smallest absolute Gasteiger partial charge is 0.181 e. The first kappa shape index (κ1) is 18.0. The van der Waals surface area contributed by atoms with Crippen LogP contribution < -0.4 is 9.64 Å². The van der Waals surface area contributed by atoms with Crippen molar-refractivity contribution in [3.8, 4) is 5.75 Å². The molecule has 0 unspecified atom stereocenters. The average molecular weight is 393 g/mol. The number of rotatable bonds is 3. The first-order valence-electron chi connectivity index (χ1n) is 8.78. The highest BCUT2D eigenvalue weighted by Gasteiger charge is 2.28. The molecule has 8 heteroatoms. The summed E-state index contributed by atoms with van der Waals surface area (Å²) in [5.74, 6) is -0.601. The zero-order chi connectivity index (χ0) is 19.1. The molecule has 3 heterocycles. The summed E-state index contributed by atoms with van der Waals surface area (Å²) < 4.78 is 35.2. The minimum Gasteiger partial charge on any atom is -0.496 e. The van der Waals surface area contributed by atoms with Crippen molar-refractivity contribution in [1.29, 1.82) is 0 Å². The number of nitrogens with zero attached hydrogens (tertiary/aromatic N) is 4. The Labute approximate surface area is 160 Å². The second kappa shape index (κ2) is 6.96. The van der Waals surface area contributed by atoms with Crippen molar-refractivity contribution >= 4 is 22.9 Å². The van der Waals surface area contributed by atoms with Crippen LogP contribution in [0, 0.1) is 18.6 Å². The molecule has 5 nitrogen and oxygen atoms in total. The first-order chi connectivity index (χ1) is 13.0. The average Bonchev–Trinajstić information content (AvgIpc) is 3.06. The Morgan fingerprint density at radius 2 is 1.89 bits per heavy atom. The van der Waals surface area contributed by atoms with Gasteiger partial charge in [0.1, 0.15) is 16.6 Å². The Bertz CT molecular complexity index is 999. The third-order valence-corrected chi connectivity index (χ3v) is 5.59. The molecule has 27 heavy (non-hydrogen) atoms. The minimum absolute atomic E-state index is 0.107. The Hall–Kier alpha value is -2.41. The van der Waals surface area contributed by atoms with Crippen LogP contribution in [0.2, 0.25) is 5.02 Å². The second-order valence-corrected chi connectivity index (χ2v) is 7.07. The molecule has 0 atom stereocenters. The molecular weight excluding hydrogens is 374 g/mol. The van der Waals surface area contributed by atoms with Gasteiger partial charge in [-0.1, -0.05) is 11.6 Å². The van der Waals surface area contributed by atoms with Gasteiger partial charge in [0.25, 0.3) is 0 Å². The third-order valence-electron chi connectivity index (χ3n) is 5.23. The molecule has 2 aromatic heterocycles. The van der Waals surface area contributed by atoms with E-state index in [1.165, 1.54) is 13.2 Å². The molecular formula is C19H19ClF2N4O. The topological polar surface area (TPSA) is 42.7 Å². The summed E-state index contributed by atoms with van der Waals surface area (Å²) in [6.45, 7) is 3.21. The SMILES string of the molecule is COc1ccc(F)c(F)c1C1CCN(c2ccn3c(C)nnc3c2Cl)CC1. The van der Waals surface area contributed by atoms with Gasteiger partial charge in [-0.3, -0.25) is 4.40 Å². The number of aromatic nitrogens is 3. The van der Waals surface area contributed by atoms with E-state index in [4.69, 9.17) is 16.3 Å². The van der Waals surface area contributed by atoms with E-state index in [-0.39, 0.29) is 5.92 Å². The summed E-state index contributed by atoms with van der Waals surface area (Å²) in [6.07, 6.45) is 3.24. The molecule has 0 saturated carbocycles. The van der Waals surface area contributed by atoms with Crippen molar-refractivity contribution in [2.24, 2.45) is 0 Å². The van der Waals surface area contributed by atoms with E-state index < -0.39 is 11.6 Å². The molecule has 0 bridgehead atoms. The van der Waals surface area contributed by atoms with Gasteiger partial charge in [-0.05, 0) is 43.9 Å². The molecule has 0 amide bonds. The summed E-state index contributed by atoms with van der Waals surface area (Å²) in [7, 11) is 1.47. The minimum atomic E-state index is -0.844. The van der Waals surface area contributed by atoms with Gasteiger partial charge in [-0.25, -0.2) is 8.78 Å². The monoisotopic (exact) mass is 392 g/mol. The number of methoxy groups -OCH3 is 1. The van der Waals surface area contributed by atoms with Gasteiger partial charge >= 0.3 is 0 Å². The highest BCUT2D eigenvalue weighted by Crippen LogP contribution is 2.39. The highest BCUT2D eigenvalue weighted by molar-refractivity contribution is 6.36. The number of anilines is 1. The number of ether oxygens (including phenoxy) is 1. The van der Waals surface area contributed by atoms with Crippen LogP contribution in [0.3, 0.4) is 0 Å². The van der Waals surface area contributed by atoms with E-state index in [0.717, 1.165) is 17.6 Å². The van der Waals surface area contributed by atoms with Gasteiger partial charge in [0.05, 0.1) is 12.8 Å². The fourth-order valence-electron chi connectivity index (χ4n) is 3.79. The lowest BCUT2D eigenvalue weighted by atomic mass is 9.88. The molecule has 1 aliphatic rings. The van der Waals surface area contributed by atoms with Crippen LogP contribution in [0.1, 0.15) is 30.1 Å². The van der Waals surface area contributed by atoms with Crippen LogP contribution in [0.5, 0.6) is 5.75 Å². The lowest BCUT2D eigenvalue weighted by Crippen LogP contribution is -2.33. The third kappa shape index (κ3) is 3.00. The Morgan fingerprint density at radius 3 is 2.59 bits per heavy atom. The van der Waals surface area contributed by atoms with E-state index in [9.17, 15) is 8.78 Å². The number of piperidine rings is 1. The predicted molar refractivity (Wildman–Crippen MR) is 99.8 cm³/mol. The molecule has 0 radical (unpaired) electrons. The maximum atomic E-state index is 14.4. The van der Waals surface area contributed by atoms with Gasteiger partial charge in [0, 0.05) is 24.8 Å². The Kier molecular flexibility index (Phi) is 4.63. The van der Waals surface area contributed by atoms with Gasteiger partial charge < -0.3 is 9.64 Å². The molecule has 0 spiro atoms. The summed E-state index contributed by atoms with van der Waals surface area (Å²) in [4.78, 5) is 2.15. The standard InChI is InChI=1S/C19H19ClF2N4O/c1-11-23-24-19-17(20)14(7-10-26(11)19)25-8-5-12(6-9-25)16-15(27-2)4-3-13(21)18(16)22/h3-4,7,10,12H,5-6,8-9H2,1-2H3. The zero-order valence-corrected chi connectivity index (χ0v) is 15.8. The van der Waals surface area contributed by atoms with Crippen molar-refractivity contribution in [2.45, 2.75) is 25.7 Å². The van der Waals surface area contributed by atoms with Crippen molar-refractivity contribution < 1.29 is 13.5 Å². The van der Waals surface area contributed by atoms with E-state index in [1.807, 2.05) is 23.6 Å². The molecule has 0 N–H and O–H groups in total. The quantitative estimate of drug-likeness (QED) is 0.664. The van der Waals surface area contributed by atoms with Crippen molar-refractivity contribution in [3.05, 3.63) is 52.4 Å². The van der Waals surface area contributed by atoms with Crippen LogP contribution in [-0.4, -0.2) is 34.8 Å². The highest BCUT2D eigenvalue weighted by atomic mass is 35.5. The number of fused-ring (bicyclic) bond motifs is 1. The van der Waals surface area contributed by atoms with E-state index >= 15 is 0 Å². The van der Waals surface area contributed by atoms with Gasteiger partial charge in [-0.15, -0.1) is 10.2 Å². The van der Waals surface area contributed by atoms with Crippen molar-refractivity contribution in [3.63, 3.8) is 0 Å². The second-order valence-electron chi connectivity index (χ2n) is 6.69. The summed E-state index contributed by atoms with van der Waals surface area (Å²) in [6, 6.07) is 4.52. The molecule has 1 saturated heterocycles. The molecule has 1 fully saturated rings. The van der Waals surface area contributed by atoms with Gasteiger partial charge in [0.15, 0.2) is 17.3 Å². The summed E-state index contributed by atoms with van der Waals surface area (Å²) in [5.41, 5.74) is 1.82. The van der Waals surface area contributed by atoms with Gasteiger partial charge in [-0.2, -0.15) is 0 Å². The normalized spacial score (nSPS) is 15.5. The summed E-state index contributed by atoms with van der Waals surface area (Å²) >= 11 is 6.54. The van der Waals surface area contributed by atoms with Crippen LogP contribution in [0.4, 0.5) is 14.5 Å². The number of benzene rings is 1. The van der Waals surface area contributed by atoms with E-state index in [1.54, 1.807) is 0 Å². The molecule has 142 valence electrons. The molecule has 0 aliphatic carbocycles. The van der Waals surface area contributed by atoms with Gasteiger partial charge in [0.2, 0.25) is 0 Å². The first-order valence-corrected chi connectivity index (χ1v) is 9.15. The maximum absolute atomic E-state index is 14.4. The molecule has 3 aromatic rings. The number of aryl methyl sites for hydroxylation is 1. The lowest BCUT2D eigenvalue weighted by Gasteiger charge is -2.34. The summed E-state index contributed by atoms with van der Waals surface area (Å²) in [5, 5.41) is 8.72.